The number of nitrogens with one attached hydrogen (secondary N) is 1. The summed E-state index contributed by atoms with van der Waals surface area (Å²) in [7, 11) is 2.03. The van der Waals surface area contributed by atoms with Gasteiger partial charge in [-0.15, -0.1) is 0 Å². The van der Waals surface area contributed by atoms with Crippen LogP contribution in [0, 0.1) is 0 Å². The molecule has 1 heterocycles. The fraction of sp³-hybridized carbons (Fsp3) is 0.769. The third-order valence-electron chi connectivity index (χ3n) is 3.21. The zero-order chi connectivity index (χ0) is 12.7. The van der Waals surface area contributed by atoms with Crippen molar-refractivity contribution in [3.05, 3.63) is 18.0 Å². The van der Waals surface area contributed by atoms with Crippen LogP contribution in [-0.4, -0.2) is 34.9 Å². The quantitative estimate of drug-likeness (QED) is 0.774. The second kappa shape index (κ2) is 7.77. The highest BCUT2D eigenvalue weighted by Crippen LogP contribution is 2.15. The van der Waals surface area contributed by atoms with E-state index in [2.05, 4.69) is 47.5 Å². The van der Waals surface area contributed by atoms with E-state index in [1.165, 1.54) is 5.69 Å². The predicted octanol–water partition coefficient (Wildman–Crippen LogP) is 2.74. The topological polar surface area (TPSA) is 29.9 Å². The van der Waals surface area contributed by atoms with Gasteiger partial charge in [0.1, 0.15) is 0 Å². The molecule has 1 unspecified atom stereocenters. The summed E-state index contributed by atoms with van der Waals surface area (Å²) in [5, 5.41) is 8.04. The van der Waals surface area contributed by atoms with Gasteiger partial charge in [-0.25, -0.2) is 0 Å². The van der Waals surface area contributed by atoms with Crippen LogP contribution < -0.4 is 5.32 Å². The van der Waals surface area contributed by atoms with E-state index < -0.39 is 0 Å². The van der Waals surface area contributed by atoms with Crippen LogP contribution in [-0.2, 0) is 6.42 Å². The molecule has 17 heavy (non-hydrogen) atoms. The average Bonchev–Trinajstić information content (AvgIpc) is 2.79. The number of aromatic nitrogens is 2. The maximum absolute atomic E-state index is 4.69. The van der Waals surface area contributed by atoms with E-state index in [0.29, 0.717) is 12.1 Å². The van der Waals surface area contributed by atoms with Crippen LogP contribution in [0.3, 0.4) is 0 Å². The largest absolute Gasteiger partial charge is 0.316 e. The Bertz CT molecular complexity index is 307. The molecule has 0 bridgehead atoms. The molecule has 0 fully saturated rings. The molecule has 0 radical (unpaired) electrons. The molecule has 1 N–H and O–H groups in total. The van der Waals surface area contributed by atoms with Crippen molar-refractivity contribution in [1.29, 1.82) is 0 Å². The van der Waals surface area contributed by atoms with Crippen LogP contribution in [0.25, 0.3) is 0 Å². The van der Waals surface area contributed by atoms with Gasteiger partial charge in [-0.1, -0.05) is 13.8 Å². The van der Waals surface area contributed by atoms with Crippen molar-refractivity contribution in [2.45, 2.75) is 45.2 Å². The molecule has 98 valence electrons. The van der Waals surface area contributed by atoms with Crippen molar-refractivity contribution in [2.75, 3.05) is 19.1 Å². The lowest BCUT2D eigenvalue weighted by Crippen LogP contribution is -2.30. The van der Waals surface area contributed by atoms with E-state index >= 15 is 0 Å². The number of hydrogen-bond donors (Lipinski definition) is 1. The van der Waals surface area contributed by atoms with Crippen molar-refractivity contribution < 1.29 is 0 Å². The summed E-state index contributed by atoms with van der Waals surface area (Å²) in [6.07, 6.45) is 7.59. The minimum Gasteiger partial charge on any atom is -0.316 e. The first-order valence-electron chi connectivity index (χ1n) is 6.45. The van der Waals surface area contributed by atoms with Gasteiger partial charge in [0.2, 0.25) is 0 Å². The molecular formula is C13H25N3S. The van der Waals surface area contributed by atoms with Gasteiger partial charge in [-0.3, -0.25) is 4.68 Å². The van der Waals surface area contributed by atoms with E-state index in [4.69, 9.17) is 0 Å². The lowest BCUT2D eigenvalue weighted by Gasteiger charge is -2.14. The van der Waals surface area contributed by atoms with Crippen LogP contribution in [0.2, 0.25) is 0 Å². The normalized spacial score (nSPS) is 13.2. The molecule has 1 aromatic heterocycles. The van der Waals surface area contributed by atoms with Crippen LogP contribution in [0.5, 0.6) is 0 Å². The average molecular weight is 255 g/mol. The number of likely N-dealkylation sites (N-methyl/N-ethyl adjacent to an activating group) is 1. The molecule has 0 aliphatic heterocycles. The maximum Gasteiger partial charge on any atom is 0.0640 e. The number of rotatable bonds is 8. The van der Waals surface area contributed by atoms with Gasteiger partial charge in [0.15, 0.2) is 0 Å². The first-order valence-corrected chi connectivity index (χ1v) is 7.84. The summed E-state index contributed by atoms with van der Waals surface area (Å²) in [6, 6.07) is 3.23. The molecule has 1 atom stereocenters. The number of hydrogen-bond acceptors (Lipinski definition) is 3. The standard InChI is InChI=1S/C13H25N3S/c1-5-13(6-2)16-8-7-11(15-16)9-12(14-3)10-17-4/h7-8,12-14H,5-6,9-10H2,1-4H3. The Labute approximate surface area is 109 Å². The van der Waals surface area contributed by atoms with Gasteiger partial charge >= 0.3 is 0 Å². The number of nitrogens with zero attached hydrogens (tertiary/aromatic N) is 2. The van der Waals surface area contributed by atoms with Crippen LogP contribution in [0.4, 0.5) is 0 Å². The number of thioether (sulfide) groups is 1. The van der Waals surface area contributed by atoms with E-state index in [1.54, 1.807) is 0 Å². The SMILES string of the molecule is CCC(CC)n1ccc(CC(CSC)NC)n1. The Balaban J connectivity index is 2.60. The minimum atomic E-state index is 0.523. The van der Waals surface area contributed by atoms with E-state index in [1.807, 2.05) is 18.8 Å². The molecular weight excluding hydrogens is 230 g/mol. The molecule has 4 heteroatoms. The maximum atomic E-state index is 4.69. The molecule has 1 rings (SSSR count). The highest BCUT2D eigenvalue weighted by atomic mass is 32.2. The van der Waals surface area contributed by atoms with Gasteiger partial charge < -0.3 is 5.32 Å². The van der Waals surface area contributed by atoms with Crippen LogP contribution >= 0.6 is 11.8 Å². The molecule has 1 aromatic rings. The van der Waals surface area contributed by atoms with Gasteiger partial charge in [0, 0.05) is 24.4 Å². The van der Waals surface area contributed by atoms with Crippen LogP contribution in [0.15, 0.2) is 12.3 Å². The summed E-state index contributed by atoms with van der Waals surface area (Å²) in [5.41, 5.74) is 1.20. The summed E-state index contributed by atoms with van der Waals surface area (Å²) in [4.78, 5) is 0. The Kier molecular flexibility index (Phi) is 6.66. The monoisotopic (exact) mass is 255 g/mol. The first-order chi connectivity index (χ1) is 8.24. The summed E-state index contributed by atoms with van der Waals surface area (Å²) in [6.45, 7) is 4.44. The van der Waals surface area contributed by atoms with Crippen molar-refractivity contribution in [3.8, 4) is 0 Å². The molecule has 0 aliphatic rings. The van der Waals surface area contributed by atoms with Gasteiger partial charge in [-0.05, 0) is 32.2 Å². The first kappa shape index (κ1) is 14.6. The molecule has 0 saturated carbocycles. The van der Waals surface area contributed by atoms with Crippen molar-refractivity contribution in [1.82, 2.24) is 15.1 Å². The Hall–Kier alpha value is -0.480. The van der Waals surface area contributed by atoms with Crippen molar-refractivity contribution in [2.24, 2.45) is 0 Å². The lowest BCUT2D eigenvalue weighted by molar-refractivity contribution is 0.424. The van der Waals surface area contributed by atoms with Crippen molar-refractivity contribution in [3.63, 3.8) is 0 Å². The van der Waals surface area contributed by atoms with Crippen LogP contribution in [0.1, 0.15) is 38.4 Å². The molecule has 0 saturated heterocycles. The van der Waals surface area contributed by atoms with E-state index in [9.17, 15) is 0 Å². The Morgan fingerprint density at radius 2 is 2.12 bits per heavy atom. The molecule has 0 amide bonds. The van der Waals surface area contributed by atoms with E-state index in [0.717, 1.165) is 25.0 Å². The molecule has 3 nitrogen and oxygen atoms in total. The molecule has 0 aromatic carbocycles. The minimum absolute atomic E-state index is 0.523. The van der Waals surface area contributed by atoms with Gasteiger partial charge in [0.05, 0.1) is 11.7 Å². The summed E-state index contributed by atoms with van der Waals surface area (Å²) < 4.78 is 2.13. The smallest absolute Gasteiger partial charge is 0.0640 e. The second-order valence-corrected chi connectivity index (χ2v) is 5.31. The lowest BCUT2D eigenvalue weighted by atomic mass is 10.2. The van der Waals surface area contributed by atoms with E-state index in [-0.39, 0.29) is 0 Å². The fourth-order valence-electron chi connectivity index (χ4n) is 2.05. The third kappa shape index (κ3) is 4.36. The molecule has 0 aliphatic carbocycles. The molecule has 0 spiro atoms. The zero-order valence-electron chi connectivity index (χ0n) is 11.4. The second-order valence-electron chi connectivity index (χ2n) is 4.40. The highest BCUT2D eigenvalue weighted by molar-refractivity contribution is 7.98. The Morgan fingerprint density at radius 3 is 2.65 bits per heavy atom. The van der Waals surface area contributed by atoms with Crippen molar-refractivity contribution >= 4 is 11.8 Å². The zero-order valence-corrected chi connectivity index (χ0v) is 12.3. The predicted molar refractivity (Wildman–Crippen MR) is 76.8 cm³/mol. The Morgan fingerprint density at radius 1 is 1.41 bits per heavy atom. The summed E-state index contributed by atoms with van der Waals surface area (Å²) >= 11 is 1.88. The third-order valence-corrected chi connectivity index (χ3v) is 3.95. The van der Waals surface area contributed by atoms with Gasteiger partial charge in [-0.2, -0.15) is 16.9 Å². The van der Waals surface area contributed by atoms with Gasteiger partial charge in [0.25, 0.3) is 0 Å². The highest BCUT2D eigenvalue weighted by Gasteiger charge is 2.11. The summed E-state index contributed by atoms with van der Waals surface area (Å²) in [5.74, 6) is 1.13. The fourth-order valence-corrected chi connectivity index (χ4v) is 2.74.